The van der Waals surface area contributed by atoms with Crippen LogP contribution in [0.2, 0.25) is 0 Å². The number of hydrogen-bond donors (Lipinski definition) is 0. The fraction of sp³-hybridized carbons (Fsp3) is 0. The van der Waals surface area contributed by atoms with E-state index in [4.69, 9.17) is 0 Å². The fourth-order valence-corrected chi connectivity index (χ4v) is 6.89. The van der Waals surface area contributed by atoms with E-state index in [1.807, 2.05) is 0 Å². The highest BCUT2D eigenvalue weighted by molar-refractivity contribution is 5.99. The molecule has 0 aromatic heterocycles. The molecule has 8 aromatic rings. The largest absolute Gasteiger partial charge is 0.0622 e. The highest BCUT2D eigenvalue weighted by atomic mass is 14.1. The van der Waals surface area contributed by atoms with Crippen LogP contribution in [0.4, 0.5) is 0 Å². The van der Waals surface area contributed by atoms with E-state index in [0.717, 1.165) is 0 Å². The summed E-state index contributed by atoms with van der Waals surface area (Å²) in [6, 6.07) is 73.1. The van der Waals surface area contributed by atoms with Gasteiger partial charge in [0, 0.05) is 0 Å². The van der Waals surface area contributed by atoms with Gasteiger partial charge < -0.3 is 0 Å². The van der Waals surface area contributed by atoms with Gasteiger partial charge in [0.15, 0.2) is 0 Å². The molecule has 8 rings (SSSR count). The molecular weight excluding hydrogens is 649 g/mol. The summed E-state index contributed by atoms with van der Waals surface area (Å²) in [5, 5.41) is 2.47. The van der Waals surface area contributed by atoms with Gasteiger partial charge in [-0.1, -0.05) is 231 Å². The van der Waals surface area contributed by atoms with Gasteiger partial charge in [-0.05, 0) is 89.7 Å². The van der Waals surface area contributed by atoms with E-state index in [-0.39, 0.29) is 0 Å². The third-order valence-electron chi connectivity index (χ3n) is 9.74. The Morgan fingerprint density at radius 1 is 0.241 bits per heavy atom. The summed E-state index contributed by atoms with van der Waals surface area (Å²) >= 11 is 0. The maximum absolute atomic E-state index is 2.27. The van der Waals surface area contributed by atoms with E-state index in [1.165, 1.54) is 77.6 Å². The van der Waals surface area contributed by atoms with Crippen molar-refractivity contribution in [2.75, 3.05) is 0 Å². The predicted molar refractivity (Wildman–Crippen MR) is 234 cm³/mol. The maximum Gasteiger partial charge on any atom is -0.0105 e. The first kappa shape index (κ1) is 34.1. The topological polar surface area (TPSA) is 0 Å². The minimum absolute atomic E-state index is 1.17. The molecular formula is C54H40. The van der Waals surface area contributed by atoms with Crippen LogP contribution in [0.25, 0.3) is 58.4 Å². The Hall–Kier alpha value is -7.02. The van der Waals surface area contributed by atoms with E-state index in [9.17, 15) is 0 Å². The molecule has 0 aliphatic carbocycles. The molecule has 0 bridgehead atoms. The lowest BCUT2D eigenvalue weighted by Crippen LogP contribution is -1.88. The molecule has 8 aromatic carbocycles. The molecule has 0 amide bonds. The van der Waals surface area contributed by atoms with E-state index < -0.39 is 0 Å². The van der Waals surface area contributed by atoms with Gasteiger partial charge in [0.25, 0.3) is 0 Å². The average Bonchev–Trinajstić information content (AvgIpc) is 3.25. The van der Waals surface area contributed by atoms with E-state index in [2.05, 4.69) is 243 Å². The maximum atomic E-state index is 2.27. The SMILES string of the molecule is C(=C(c1ccccc1)c1ccccc1)c1ccc(/C=C/c2ccc(/C=C/c3ccc(C=C(c4ccccc4)c4ccccc4)cc3)c3ccccc23)cc1. The molecule has 0 N–H and O–H groups in total. The molecule has 0 saturated carbocycles. The Labute approximate surface area is 319 Å². The molecule has 0 heterocycles. The van der Waals surface area contributed by atoms with Crippen molar-refractivity contribution in [3.8, 4) is 0 Å². The summed E-state index contributed by atoms with van der Waals surface area (Å²) in [5.74, 6) is 0. The smallest absolute Gasteiger partial charge is 0.0105 e. The van der Waals surface area contributed by atoms with Crippen molar-refractivity contribution in [3.05, 3.63) is 262 Å². The van der Waals surface area contributed by atoms with Gasteiger partial charge >= 0.3 is 0 Å². The second-order valence-corrected chi connectivity index (χ2v) is 13.4. The number of rotatable bonds is 10. The van der Waals surface area contributed by atoms with Crippen LogP contribution in [-0.2, 0) is 0 Å². The molecule has 256 valence electrons. The molecule has 0 aliphatic heterocycles. The Kier molecular flexibility index (Phi) is 10.4. The zero-order chi connectivity index (χ0) is 36.4. The van der Waals surface area contributed by atoms with Gasteiger partial charge in [-0.15, -0.1) is 0 Å². The fourth-order valence-electron chi connectivity index (χ4n) is 6.89. The summed E-state index contributed by atoms with van der Waals surface area (Å²) in [6.45, 7) is 0. The number of benzene rings is 8. The third kappa shape index (κ3) is 8.20. The first-order valence-electron chi connectivity index (χ1n) is 18.5. The van der Waals surface area contributed by atoms with Crippen LogP contribution >= 0.6 is 0 Å². The summed E-state index contributed by atoms with van der Waals surface area (Å²) in [4.78, 5) is 0. The van der Waals surface area contributed by atoms with Crippen molar-refractivity contribution >= 4 is 58.4 Å². The van der Waals surface area contributed by atoms with Crippen LogP contribution in [0.1, 0.15) is 55.6 Å². The summed E-state index contributed by atoms with van der Waals surface area (Å²) in [7, 11) is 0. The number of fused-ring (bicyclic) bond motifs is 1. The highest BCUT2D eigenvalue weighted by Crippen LogP contribution is 2.29. The first-order chi connectivity index (χ1) is 26.8. The molecule has 0 saturated heterocycles. The lowest BCUT2D eigenvalue weighted by atomic mass is 9.95. The van der Waals surface area contributed by atoms with Crippen LogP contribution < -0.4 is 0 Å². The van der Waals surface area contributed by atoms with Crippen LogP contribution in [0.5, 0.6) is 0 Å². The van der Waals surface area contributed by atoms with Crippen molar-refractivity contribution < 1.29 is 0 Å². The molecule has 0 radical (unpaired) electrons. The monoisotopic (exact) mass is 688 g/mol. The first-order valence-corrected chi connectivity index (χ1v) is 18.5. The second kappa shape index (κ2) is 16.5. The number of hydrogen-bond acceptors (Lipinski definition) is 0. The van der Waals surface area contributed by atoms with Crippen molar-refractivity contribution in [1.82, 2.24) is 0 Å². The van der Waals surface area contributed by atoms with Crippen molar-refractivity contribution in [2.24, 2.45) is 0 Å². The molecule has 0 spiro atoms. The zero-order valence-electron chi connectivity index (χ0n) is 30.1. The normalized spacial score (nSPS) is 11.2. The summed E-state index contributed by atoms with van der Waals surface area (Å²) in [5.41, 5.74) is 14.3. The Morgan fingerprint density at radius 3 is 0.833 bits per heavy atom. The lowest BCUT2D eigenvalue weighted by molar-refractivity contribution is 1.55. The standard InChI is InChI=1S/C54H40/c1-5-15-45(16-6-1)53(46-17-7-2-8-18-46)39-43-29-25-41(26-30-43)33-35-49-37-38-50(52-24-14-13-23-51(49)52)36-34-42-27-31-44(32-28-42)40-54(47-19-9-3-10-20-47)48-21-11-4-12-22-48/h1-40H/b35-33+,36-34+. The molecule has 54 heavy (non-hydrogen) atoms. The molecule has 0 fully saturated rings. The molecule has 0 nitrogen and oxygen atoms in total. The summed E-state index contributed by atoms with van der Waals surface area (Å²) < 4.78 is 0. The van der Waals surface area contributed by atoms with E-state index >= 15 is 0 Å². The van der Waals surface area contributed by atoms with Gasteiger partial charge in [0.05, 0.1) is 0 Å². The van der Waals surface area contributed by atoms with Crippen LogP contribution in [0.15, 0.2) is 206 Å². The van der Waals surface area contributed by atoms with Crippen molar-refractivity contribution in [1.29, 1.82) is 0 Å². The van der Waals surface area contributed by atoms with Crippen LogP contribution in [-0.4, -0.2) is 0 Å². The molecule has 0 aliphatic rings. The summed E-state index contributed by atoms with van der Waals surface area (Å²) in [6.07, 6.45) is 13.4. The van der Waals surface area contributed by atoms with E-state index in [1.54, 1.807) is 0 Å². The van der Waals surface area contributed by atoms with Crippen molar-refractivity contribution in [2.45, 2.75) is 0 Å². The Morgan fingerprint density at radius 2 is 0.519 bits per heavy atom. The van der Waals surface area contributed by atoms with Gasteiger partial charge in [0.1, 0.15) is 0 Å². The van der Waals surface area contributed by atoms with Gasteiger partial charge in [-0.2, -0.15) is 0 Å². The van der Waals surface area contributed by atoms with Crippen LogP contribution in [0.3, 0.4) is 0 Å². The minimum atomic E-state index is 1.17. The van der Waals surface area contributed by atoms with Crippen LogP contribution in [0, 0.1) is 0 Å². The lowest BCUT2D eigenvalue weighted by Gasteiger charge is -2.09. The van der Waals surface area contributed by atoms with Crippen molar-refractivity contribution in [3.63, 3.8) is 0 Å². The predicted octanol–water partition coefficient (Wildman–Crippen LogP) is 14.4. The minimum Gasteiger partial charge on any atom is -0.0622 e. The second-order valence-electron chi connectivity index (χ2n) is 13.4. The van der Waals surface area contributed by atoms with Gasteiger partial charge in [-0.25, -0.2) is 0 Å². The molecule has 0 heteroatoms. The average molecular weight is 689 g/mol. The van der Waals surface area contributed by atoms with E-state index in [0.29, 0.717) is 0 Å². The highest BCUT2D eigenvalue weighted by Gasteiger charge is 2.07. The van der Waals surface area contributed by atoms with Gasteiger partial charge in [0.2, 0.25) is 0 Å². The molecule has 0 unspecified atom stereocenters. The van der Waals surface area contributed by atoms with Gasteiger partial charge in [-0.3, -0.25) is 0 Å². The Bertz CT molecular complexity index is 2300. The molecule has 0 atom stereocenters. The zero-order valence-corrected chi connectivity index (χ0v) is 30.1. The Balaban J connectivity index is 1.00. The third-order valence-corrected chi connectivity index (χ3v) is 9.74. The quantitative estimate of drug-likeness (QED) is 0.125.